The smallest absolute Gasteiger partial charge is 0.235 e. The largest absolute Gasteiger partial charge is 0.330 e. The molecule has 21 heavy (non-hydrogen) atoms. The van der Waals surface area contributed by atoms with Gasteiger partial charge in [0.1, 0.15) is 0 Å². The van der Waals surface area contributed by atoms with Crippen LogP contribution in [-0.2, 0) is 10.0 Å². The first kappa shape index (κ1) is 16.0. The lowest BCUT2D eigenvalue weighted by molar-refractivity contribution is 0.0985. The van der Waals surface area contributed by atoms with E-state index in [0.717, 1.165) is 19.3 Å². The maximum absolute atomic E-state index is 12.3. The molecule has 1 saturated carbocycles. The molecule has 1 aromatic carbocycles. The Kier molecular flexibility index (Phi) is 5.36. The van der Waals surface area contributed by atoms with E-state index in [-0.39, 0.29) is 24.0 Å². The molecule has 2 rings (SSSR count). The van der Waals surface area contributed by atoms with Crippen LogP contribution >= 0.6 is 0 Å². The first-order chi connectivity index (χ1) is 10.0. The van der Waals surface area contributed by atoms with Gasteiger partial charge in [-0.15, -0.1) is 0 Å². The van der Waals surface area contributed by atoms with Crippen LogP contribution in [0, 0.1) is 0 Å². The standard InChI is InChI=1S/C15H22N2O3S/c16-10-9-15(18)12-5-4-6-13(11-12)17-21(19,20)14-7-2-1-3-8-14/h4-6,11,14,17H,1-3,7-10,16H2. The fraction of sp³-hybridized carbons (Fsp3) is 0.533. The van der Waals surface area contributed by atoms with Crippen molar-refractivity contribution >= 4 is 21.5 Å². The van der Waals surface area contributed by atoms with Crippen LogP contribution in [0.3, 0.4) is 0 Å². The number of anilines is 1. The monoisotopic (exact) mass is 310 g/mol. The van der Waals surface area contributed by atoms with Crippen molar-refractivity contribution in [3.05, 3.63) is 29.8 Å². The van der Waals surface area contributed by atoms with Gasteiger partial charge in [-0.05, 0) is 31.5 Å². The number of hydrogen-bond donors (Lipinski definition) is 2. The first-order valence-corrected chi connectivity index (χ1v) is 8.92. The summed E-state index contributed by atoms with van der Waals surface area (Å²) in [7, 11) is -3.38. The number of nitrogens with one attached hydrogen (secondary N) is 1. The maximum Gasteiger partial charge on any atom is 0.235 e. The summed E-state index contributed by atoms with van der Waals surface area (Å²) >= 11 is 0. The molecular formula is C15H22N2O3S. The van der Waals surface area contributed by atoms with Crippen molar-refractivity contribution in [2.75, 3.05) is 11.3 Å². The van der Waals surface area contributed by atoms with E-state index in [2.05, 4.69) is 4.72 Å². The van der Waals surface area contributed by atoms with Gasteiger partial charge in [-0.2, -0.15) is 0 Å². The minimum atomic E-state index is -3.38. The number of sulfonamides is 1. The molecule has 0 aromatic heterocycles. The molecular weight excluding hydrogens is 288 g/mol. The zero-order valence-corrected chi connectivity index (χ0v) is 12.9. The van der Waals surface area contributed by atoms with E-state index in [4.69, 9.17) is 5.73 Å². The quantitative estimate of drug-likeness (QED) is 0.789. The van der Waals surface area contributed by atoms with E-state index in [1.54, 1.807) is 24.3 Å². The molecule has 0 unspecified atom stereocenters. The Morgan fingerprint density at radius 3 is 2.62 bits per heavy atom. The predicted molar refractivity (Wildman–Crippen MR) is 83.9 cm³/mol. The molecule has 0 amide bonds. The minimum absolute atomic E-state index is 0.0729. The van der Waals surface area contributed by atoms with Crippen LogP contribution in [0.1, 0.15) is 48.9 Å². The zero-order valence-electron chi connectivity index (χ0n) is 12.0. The molecule has 116 valence electrons. The molecule has 1 fully saturated rings. The Morgan fingerprint density at radius 1 is 1.24 bits per heavy atom. The zero-order chi connectivity index (χ0) is 15.3. The summed E-state index contributed by atoms with van der Waals surface area (Å²) in [6, 6.07) is 6.61. The van der Waals surface area contributed by atoms with Crippen LogP contribution in [0.4, 0.5) is 5.69 Å². The number of nitrogens with two attached hydrogens (primary N) is 1. The Morgan fingerprint density at radius 2 is 1.95 bits per heavy atom. The van der Waals surface area contributed by atoms with E-state index < -0.39 is 10.0 Å². The van der Waals surface area contributed by atoms with Gasteiger partial charge in [-0.1, -0.05) is 31.4 Å². The maximum atomic E-state index is 12.3. The van der Waals surface area contributed by atoms with Gasteiger partial charge < -0.3 is 5.73 Å². The fourth-order valence-electron chi connectivity index (χ4n) is 2.65. The Labute approximate surface area is 126 Å². The summed E-state index contributed by atoms with van der Waals surface area (Å²) in [6.45, 7) is 0.289. The molecule has 5 nitrogen and oxygen atoms in total. The highest BCUT2D eigenvalue weighted by molar-refractivity contribution is 7.93. The van der Waals surface area contributed by atoms with Gasteiger partial charge in [0.25, 0.3) is 0 Å². The minimum Gasteiger partial charge on any atom is -0.330 e. The summed E-state index contributed by atoms with van der Waals surface area (Å²) in [5.74, 6) is -0.0729. The van der Waals surface area contributed by atoms with Crippen LogP contribution in [0.15, 0.2) is 24.3 Å². The SMILES string of the molecule is NCCC(=O)c1cccc(NS(=O)(=O)C2CCCCC2)c1. The number of rotatable bonds is 6. The summed E-state index contributed by atoms with van der Waals surface area (Å²) in [5, 5.41) is -0.324. The Bertz CT molecular complexity index is 593. The highest BCUT2D eigenvalue weighted by Crippen LogP contribution is 2.25. The van der Waals surface area contributed by atoms with Crippen molar-refractivity contribution in [3.8, 4) is 0 Å². The van der Waals surface area contributed by atoms with E-state index in [0.29, 0.717) is 24.1 Å². The second-order valence-electron chi connectivity index (χ2n) is 5.45. The van der Waals surface area contributed by atoms with Crippen molar-refractivity contribution in [3.63, 3.8) is 0 Å². The second-order valence-corrected chi connectivity index (χ2v) is 7.41. The van der Waals surface area contributed by atoms with Gasteiger partial charge >= 0.3 is 0 Å². The van der Waals surface area contributed by atoms with Crippen molar-refractivity contribution in [2.45, 2.75) is 43.8 Å². The normalized spacial score (nSPS) is 16.6. The molecule has 0 atom stereocenters. The topological polar surface area (TPSA) is 89.3 Å². The molecule has 0 heterocycles. The molecule has 0 saturated heterocycles. The third-order valence-corrected chi connectivity index (χ3v) is 5.68. The highest BCUT2D eigenvalue weighted by atomic mass is 32.2. The number of benzene rings is 1. The molecule has 0 bridgehead atoms. The van der Waals surface area contributed by atoms with E-state index in [9.17, 15) is 13.2 Å². The van der Waals surface area contributed by atoms with Crippen LogP contribution in [0.2, 0.25) is 0 Å². The molecule has 6 heteroatoms. The van der Waals surface area contributed by atoms with Crippen molar-refractivity contribution < 1.29 is 13.2 Å². The summed E-state index contributed by atoms with van der Waals surface area (Å²) in [5.41, 5.74) is 6.31. The Hall–Kier alpha value is -1.40. The molecule has 1 aliphatic carbocycles. The van der Waals surface area contributed by atoms with Crippen molar-refractivity contribution in [1.82, 2.24) is 0 Å². The van der Waals surface area contributed by atoms with Crippen molar-refractivity contribution in [2.24, 2.45) is 5.73 Å². The number of hydrogen-bond acceptors (Lipinski definition) is 4. The fourth-order valence-corrected chi connectivity index (χ4v) is 4.23. The number of carbonyl (C=O) groups excluding carboxylic acids is 1. The van der Waals surface area contributed by atoms with Crippen LogP contribution in [0.5, 0.6) is 0 Å². The molecule has 3 N–H and O–H groups in total. The molecule has 1 aliphatic rings. The Balaban J connectivity index is 2.11. The summed E-state index contributed by atoms with van der Waals surface area (Å²) in [4.78, 5) is 11.8. The second kappa shape index (κ2) is 7.04. The van der Waals surface area contributed by atoms with E-state index in [1.165, 1.54) is 0 Å². The molecule has 1 aromatic rings. The lowest BCUT2D eigenvalue weighted by Gasteiger charge is -2.22. The lowest BCUT2D eigenvalue weighted by Crippen LogP contribution is -2.29. The summed E-state index contributed by atoms with van der Waals surface area (Å²) in [6.07, 6.45) is 4.71. The first-order valence-electron chi connectivity index (χ1n) is 7.38. The number of Topliss-reactive ketones (excluding diaryl/α,β-unsaturated/α-hetero) is 1. The van der Waals surface area contributed by atoms with Crippen molar-refractivity contribution in [1.29, 1.82) is 0 Å². The molecule has 0 radical (unpaired) electrons. The number of ketones is 1. The average molecular weight is 310 g/mol. The van der Waals surface area contributed by atoms with Gasteiger partial charge in [0.2, 0.25) is 10.0 Å². The van der Waals surface area contributed by atoms with Gasteiger partial charge in [0, 0.05) is 17.7 Å². The van der Waals surface area contributed by atoms with Crippen LogP contribution in [-0.4, -0.2) is 26.0 Å². The molecule has 0 spiro atoms. The van der Waals surface area contributed by atoms with Crippen LogP contribution < -0.4 is 10.5 Å². The van der Waals surface area contributed by atoms with E-state index in [1.807, 2.05) is 0 Å². The lowest BCUT2D eigenvalue weighted by atomic mass is 10.0. The predicted octanol–water partition coefficient (Wildman–Crippen LogP) is 2.29. The van der Waals surface area contributed by atoms with Crippen LogP contribution in [0.25, 0.3) is 0 Å². The summed E-state index contributed by atoms with van der Waals surface area (Å²) < 4.78 is 27.3. The average Bonchev–Trinajstić information content (AvgIpc) is 2.48. The third-order valence-electron chi connectivity index (χ3n) is 3.81. The molecule has 0 aliphatic heterocycles. The van der Waals surface area contributed by atoms with Gasteiger partial charge in [0.05, 0.1) is 5.25 Å². The van der Waals surface area contributed by atoms with Gasteiger partial charge in [-0.25, -0.2) is 8.42 Å². The van der Waals surface area contributed by atoms with Gasteiger partial charge in [0.15, 0.2) is 5.78 Å². The van der Waals surface area contributed by atoms with E-state index >= 15 is 0 Å². The van der Waals surface area contributed by atoms with Gasteiger partial charge in [-0.3, -0.25) is 9.52 Å². The number of carbonyl (C=O) groups is 1. The third kappa shape index (κ3) is 4.28. The highest BCUT2D eigenvalue weighted by Gasteiger charge is 2.27.